The second-order valence-electron chi connectivity index (χ2n) is 3.33. The third kappa shape index (κ3) is 2.77. The van der Waals surface area contributed by atoms with Crippen LogP contribution in [-0.2, 0) is 11.2 Å². The van der Waals surface area contributed by atoms with Crippen molar-refractivity contribution in [3.8, 4) is 0 Å². The summed E-state index contributed by atoms with van der Waals surface area (Å²) in [5.74, 6) is -0.619. The van der Waals surface area contributed by atoms with E-state index < -0.39 is 0 Å². The molecule has 0 fully saturated rings. The van der Waals surface area contributed by atoms with Crippen LogP contribution < -0.4 is 11.1 Å². The van der Waals surface area contributed by atoms with Crippen molar-refractivity contribution in [3.63, 3.8) is 0 Å². The van der Waals surface area contributed by atoms with Crippen molar-refractivity contribution in [2.45, 2.75) is 6.42 Å². The molecular formula is C10H9FN4O2. The Kier molecular flexibility index (Phi) is 2.99. The van der Waals surface area contributed by atoms with Crippen LogP contribution in [0.3, 0.4) is 0 Å². The number of hydrogen-bond acceptors (Lipinski definition) is 5. The highest BCUT2D eigenvalue weighted by molar-refractivity contribution is 5.92. The van der Waals surface area contributed by atoms with E-state index in [0.29, 0.717) is 5.69 Å². The van der Waals surface area contributed by atoms with Gasteiger partial charge in [0.1, 0.15) is 11.5 Å². The van der Waals surface area contributed by atoms with Gasteiger partial charge >= 0.3 is 0 Å². The molecule has 0 saturated heterocycles. The Balaban J connectivity index is 1.98. The lowest BCUT2D eigenvalue weighted by Crippen LogP contribution is -2.15. The molecule has 0 atom stereocenters. The first kappa shape index (κ1) is 11.1. The fourth-order valence-corrected chi connectivity index (χ4v) is 1.23. The van der Waals surface area contributed by atoms with Gasteiger partial charge in [0.25, 0.3) is 0 Å². The Morgan fingerprint density at radius 1 is 1.35 bits per heavy atom. The molecule has 88 valence electrons. The van der Waals surface area contributed by atoms with E-state index in [4.69, 9.17) is 5.73 Å². The highest BCUT2D eigenvalue weighted by Crippen LogP contribution is 2.10. The minimum absolute atomic E-state index is 0.0489. The van der Waals surface area contributed by atoms with E-state index in [0.717, 1.165) is 0 Å². The van der Waals surface area contributed by atoms with Gasteiger partial charge in [-0.25, -0.2) is 9.02 Å². The first-order valence-corrected chi connectivity index (χ1v) is 4.77. The number of carbonyl (C=O) groups excluding carboxylic acids is 1. The maximum absolute atomic E-state index is 12.6. The van der Waals surface area contributed by atoms with Crippen LogP contribution in [0.15, 0.2) is 28.9 Å². The van der Waals surface area contributed by atoms with E-state index in [-0.39, 0.29) is 29.7 Å². The number of anilines is 2. The smallest absolute Gasteiger partial charge is 0.230 e. The summed E-state index contributed by atoms with van der Waals surface area (Å²) in [5, 5.41) is 9.39. The second kappa shape index (κ2) is 4.60. The van der Waals surface area contributed by atoms with Crippen LogP contribution in [0.1, 0.15) is 5.69 Å². The van der Waals surface area contributed by atoms with Gasteiger partial charge in [-0.2, -0.15) is 0 Å². The Morgan fingerprint density at radius 2 is 2.06 bits per heavy atom. The predicted molar refractivity (Wildman–Crippen MR) is 57.4 cm³/mol. The van der Waals surface area contributed by atoms with Gasteiger partial charge in [0.2, 0.25) is 5.91 Å². The van der Waals surface area contributed by atoms with Crippen molar-refractivity contribution in [2.24, 2.45) is 0 Å². The summed E-state index contributed by atoms with van der Waals surface area (Å²) < 4.78 is 17.0. The molecule has 0 spiro atoms. The van der Waals surface area contributed by atoms with Crippen LogP contribution >= 0.6 is 0 Å². The Labute approximate surface area is 95.6 Å². The van der Waals surface area contributed by atoms with E-state index in [1.54, 1.807) is 0 Å². The fourth-order valence-electron chi connectivity index (χ4n) is 1.23. The number of nitrogens with one attached hydrogen (secondary N) is 1. The molecular weight excluding hydrogens is 227 g/mol. The summed E-state index contributed by atoms with van der Waals surface area (Å²) in [6, 6.07) is 5.42. The molecule has 6 nitrogen and oxygen atoms in total. The zero-order valence-electron chi connectivity index (χ0n) is 8.68. The monoisotopic (exact) mass is 236 g/mol. The molecule has 7 heteroatoms. The average molecular weight is 236 g/mol. The number of benzene rings is 1. The first-order valence-electron chi connectivity index (χ1n) is 4.77. The molecule has 0 bridgehead atoms. The lowest BCUT2D eigenvalue weighted by atomic mass is 10.2. The zero-order valence-corrected chi connectivity index (χ0v) is 8.68. The molecule has 1 heterocycles. The van der Waals surface area contributed by atoms with Crippen molar-refractivity contribution in [3.05, 3.63) is 35.8 Å². The topological polar surface area (TPSA) is 94.0 Å². The molecule has 0 unspecified atom stereocenters. The quantitative estimate of drug-likeness (QED) is 0.828. The summed E-state index contributed by atoms with van der Waals surface area (Å²) in [4.78, 5) is 11.5. The minimum atomic E-state index is -0.368. The average Bonchev–Trinajstić information content (AvgIpc) is 2.68. The van der Waals surface area contributed by atoms with Gasteiger partial charge in [0.15, 0.2) is 5.82 Å². The number of rotatable bonds is 3. The minimum Gasteiger partial charge on any atom is -0.379 e. The van der Waals surface area contributed by atoms with Crippen LogP contribution in [0.5, 0.6) is 0 Å². The molecule has 0 saturated carbocycles. The number of aromatic nitrogens is 2. The molecule has 17 heavy (non-hydrogen) atoms. The summed E-state index contributed by atoms with van der Waals surface area (Å²) >= 11 is 0. The van der Waals surface area contributed by atoms with Crippen molar-refractivity contribution in [1.29, 1.82) is 0 Å². The molecule has 1 aromatic heterocycles. The molecule has 2 aromatic rings. The number of nitrogens with two attached hydrogens (primary N) is 1. The van der Waals surface area contributed by atoms with E-state index in [1.165, 1.54) is 24.3 Å². The number of hydrogen-bond donors (Lipinski definition) is 2. The van der Waals surface area contributed by atoms with Crippen LogP contribution in [0, 0.1) is 5.82 Å². The van der Waals surface area contributed by atoms with Crippen molar-refractivity contribution < 1.29 is 13.8 Å². The summed E-state index contributed by atoms with van der Waals surface area (Å²) in [7, 11) is 0. The van der Waals surface area contributed by atoms with Gasteiger partial charge in [0.05, 0.1) is 6.42 Å². The molecule has 0 aliphatic carbocycles. The van der Waals surface area contributed by atoms with E-state index in [1.807, 2.05) is 0 Å². The van der Waals surface area contributed by atoms with Gasteiger partial charge in [-0.05, 0) is 29.4 Å². The van der Waals surface area contributed by atoms with Crippen LogP contribution in [0.4, 0.5) is 15.9 Å². The molecule has 3 N–H and O–H groups in total. The van der Waals surface area contributed by atoms with Crippen LogP contribution in [0.25, 0.3) is 0 Å². The second-order valence-corrected chi connectivity index (χ2v) is 3.33. The normalized spacial score (nSPS) is 10.2. The van der Waals surface area contributed by atoms with Gasteiger partial charge < -0.3 is 11.1 Å². The van der Waals surface area contributed by atoms with Crippen molar-refractivity contribution >= 4 is 17.4 Å². The number of nitrogen functional groups attached to an aromatic ring is 1. The summed E-state index contributed by atoms with van der Waals surface area (Å²) in [5.41, 5.74) is 6.17. The van der Waals surface area contributed by atoms with Crippen LogP contribution in [-0.4, -0.2) is 16.2 Å². The number of halogens is 1. The molecule has 1 aromatic carbocycles. The lowest BCUT2D eigenvalue weighted by molar-refractivity contribution is -0.115. The summed E-state index contributed by atoms with van der Waals surface area (Å²) in [6.45, 7) is 0. The van der Waals surface area contributed by atoms with Gasteiger partial charge in [0, 0.05) is 5.69 Å². The van der Waals surface area contributed by atoms with E-state index in [9.17, 15) is 9.18 Å². The largest absolute Gasteiger partial charge is 0.379 e. The SMILES string of the molecule is Nc1nonc1CC(=O)Nc1ccc(F)cc1. The zero-order chi connectivity index (χ0) is 12.3. The lowest BCUT2D eigenvalue weighted by Gasteiger charge is -2.03. The van der Waals surface area contributed by atoms with Gasteiger partial charge in [-0.3, -0.25) is 4.79 Å². The van der Waals surface area contributed by atoms with E-state index >= 15 is 0 Å². The molecule has 0 radical (unpaired) electrons. The maximum atomic E-state index is 12.6. The highest BCUT2D eigenvalue weighted by Gasteiger charge is 2.11. The first-order chi connectivity index (χ1) is 8.15. The molecule has 0 aliphatic rings. The van der Waals surface area contributed by atoms with Gasteiger partial charge in [-0.15, -0.1) is 0 Å². The van der Waals surface area contributed by atoms with Crippen molar-refractivity contribution in [1.82, 2.24) is 10.3 Å². The fraction of sp³-hybridized carbons (Fsp3) is 0.100. The predicted octanol–water partition coefficient (Wildman–Crippen LogP) is 0.972. The molecule has 1 amide bonds. The third-order valence-corrected chi connectivity index (χ3v) is 2.04. The number of carbonyl (C=O) groups is 1. The molecule has 0 aliphatic heterocycles. The maximum Gasteiger partial charge on any atom is 0.230 e. The van der Waals surface area contributed by atoms with Gasteiger partial charge in [-0.1, -0.05) is 5.16 Å². The van der Waals surface area contributed by atoms with Crippen molar-refractivity contribution in [2.75, 3.05) is 11.1 Å². The Hall–Kier alpha value is -2.44. The van der Waals surface area contributed by atoms with Crippen LogP contribution in [0.2, 0.25) is 0 Å². The third-order valence-electron chi connectivity index (χ3n) is 2.04. The summed E-state index contributed by atoms with van der Waals surface area (Å²) in [6.07, 6.45) is -0.0489. The number of amides is 1. The standard InChI is InChI=1S/C10H9FN4O2/c11-6-1-3-7(4-2-6)13-9(16)5-8-10(12)15-17-14-8/h1-4H,5H2,(H2,12,15)(H,13,16). The van der Waals surface area contributed by atoms with E-state index in [2.05, 4.69) is 20.3 Å². The highest BCUT2D eigenvalue weighted by atomic mass is 19.1. The Morgan fingerprint density at radius 3 is 2.65 bits per heavy atom. The number of nitrogens with zero attached hydrogens (tertiary/aromatic N) is 2. The Bertz CT molecular complexity index is 523. The molecule has 2 rings (SSSR count).